The number of benzene rings is 2. The number of rotatable bonds is 4. The number of amides is 1. The number of nitrogen functional groups attached to an aromatic ring is 1. The molecule has 0 aromatic heterocycles. The molecular weight excluding hydrogens is 274 g/mol. The van der Waals surface area contributed by atoms with E-state index in [1.165, 1.54) is 0 Å². The molecule has 2 rings (SSSR count). The highest BCUT2D eigenvalue weighted by molar-refractivity contribution is 6.31. The number of primary amides is 1. The molecular formula is C15H16ClN3O. The van der Waals surface area contributed by atoms with Crippen molar-refractivity contribution >= 4 is 28.9 Å². The van der Waals surface area contributed by atoms with E-state index < -0.39 is 5.91 Å². The molecule has 1 amide bonds. The van der Waals surface area contributed by atoms with E-state index in [-0.39, 0.29) is 0 Å². The molecule has 0 bridgehead atoms. The summed E-state index contributed by atoms with van der Waals surface area (Å²) in [6, 6.07) is 12.7. The molecule has 0 aliphatic heterocycles. The number of carbonyl (C=O) groups is 1. The van der Waals surface area contributed by atoms with Crippen molar-refractivity contribution in [1.29, 1.82) is 0 Å². The van der Waals surface area contributed by atoms with Gasteiger partial charge in [0.2, 0.25) is 0 Å². The second-order valence-electron chi connectivity index (χ2n) is 4.58. The van der Waals surface area contributed by atoms with Crippen LogP contribution >= 0.6 is 11.6 Å². The predicted octanol–water partition coefficient (Wildman–Crippen LogP) is 2.66. The van der Waals surface area contributed by atoms with Crippen LogP contribution in [0.2, 0.25) is 5.02 Å². The third-order valence-electron chi connectivity index (χ3n) is 3.10. The number of nitrogens with zero attached hydrogens (tertiary/aromatic N) is 1. The summed E-state index contributed by atoms with van der Waals surface area (Å²) in [4.78, 5) is 13.4. The summed E-state index contributed by atoms with van der Waals surface area (Å²) in [5, 5.41) is 0.482. The van der Waals surface area contributed by atoms with Crippen LogP contribution in [0.1, 0.15) is 15.9 Å². The smallest absolute Gasteiger partial charge is 0.250 e. The highest BCUT2D eigenvalue weighted by atomic mass is 35.5. The van der Waals surface area contributed by atoms with Gasteiger partial charge in [-0.05, 0) is 29.8 Å². The van der Waals surface area contributed by atoms with Gasteiger partial charge in [-0.1, -0.05) is 29.8 Å². The molecule has 0 fully saturated rings. The maximum atomic E-state index is 11.5. The summed E-state index contributed by atoms with van der Waals surface area (Å²) in [5.41, 5.74) is 14.2. The highest BCUT2D eigenvalue weighted by Crippen LogP contribution is 2.25. The summed E-state index contributed by atoms with van der Waals surface area (Å²) in [7, 11) is 1.88. The van der Waals surface area contributed by atoms with Gasteiger partial charge < -0.3 is 16.4 Å². The Morgan fingerprint density at radius 1 is 1.25 bits per heavy atom. The van der Waals surface area contributed by atoms with Crippen molar-refractivity contribution in [2.24, 2.45) is 5.73 Å². The van der Waals surface area contributed by atoms with E-state index in [1.54, 1.807) is 18.2 Å². The van der Waals surface area contributed by atoms with Gasteiger partial charge in [-0.2, -0.15) is 0 Å². The molecule has 0 saturated carbocycles. The van der Waals surface area contributed by atoms with Crippen molar-refractivity contribution in [2.45, 2.75) is 6.54 Å². The SMILES string of the molecule is CN(Cc1ccccc1N)c1ccc(Cl)cc1C(N)=O. The maximum absolute atomic E-state index is 11.5. The Hall–Kier alpha value is -2.20. The second kappa shape index (κ2) is 5.84. The van der Waals surface area contributed by atoms with Gasteiger partial charge in [0.05, 0.1) is 5.56 Å². The summed E-state index contributed by atoms with van der Waals surface area (Å²) < 4.78 is 0. The van der Waals surface area contributed by atoms with Crippen molar-refractivity contribution < 1.29 is 4.79 Å². The highest BCUT2D eigenvalue weighted by Gasteiger charge is 2.13. The largest absolute Gasteiger partial charge is 0.398 e. The van der Waals surface area contributed by atoms with E-state index >= 15 is 0 Å². The number of nitrogens with two attached hydrogens (primary N) is 2. The van der Waals surface area contributed by atoms with E-state index in [1.807, 2.05) is 36.2 Å². The Bertz CT molecular complexity index is 643. The summed E-state index contributed by atoms with van der Waals surface area (Å²) in [6.45, 7) is 0.578. The standard InChI is InChI=1S/C15H16ClN3O/c1-19(9-10-4-2-3-5-13(10)17)14-7-6-11(16)8-12(14)15(18)20/h2-8H,9,17H2,1H3,(H2,18,20). The molecule has 4 nitrogen and oxygen atoms in total. The molecule has 0 atom stereocenters. The van der Waals surface area contributed by atoms with Crippen LogP contribution in [-0.4, -0.2) is 13.0 Å². The zero-order valence-electron chi connectivity index (χ0n) is 11.1. The Morgan fingerprint density at radius 2 is 1.95 bits per heavy atom. The molecule has 0 saturated heterocycles. The molecule has 0 aliphatic carbocycles. The molecule has 20 heavy (non-hydrogen) atoms. The third-order valence-corrected chi connectivity index (χ3v) is 3.33. The number of para-hydroxylation sites is 1. The van der Waals surface area contributed by atoms with E-state index in [0.29, 0.717) is 22.8 Å². The first kappa shape index (κ1) is 14.2. The Kier molecular flexibility index (Phi) is 4.15. The normalized spacial score (nSPS) is 10.3. The fraction of sp³-hybridized carbons (Fsp3) is 0.133. The molecule has 0 spiro atoms. The van der Waals surface area contributed by atoms with Crippen LogP contribution in [0.25, 0.3) is 0 Å². The van der Waals surface area contributed by atoms with Gasteiger partial charge in [0.15, 0.2) is 0 Å². The van der Waals surface area contributed by atoms with Gasteiger partial charge in [-0.25, -0.2) is 0 Å². The van der Waals surface area contributed by atoms with E-state index in [4.69, 9.17) is 23.1 Å². The first-order chi connectivity index (χ1) is 9.49. The van der Waals surface area contributed by atoms with Crippen LogP contribution in [0.15, 0.2) is 42.5 Å². The van der Waals surface area contributed by atoms with Crippen molar-refractivity contribution in [2.75, 3.05) is 17.7 Å². The van der Waals surface area contributed by atoms with Gasteiger partial charge in [0.25, 0.3) is 5.91 Å². The fourth-order valence-corrected chi connectivity index (χ4v) is 2.23. The topological polar surface area (TPSA) is 72.3 Å². The minimum absolute atomic E-state index is 0.398. The Morgan fingerprint density at radius 3 is 2.60 bits per heavy atom. The van der Waals surface area contributed by atoms with Gasteiger partial charge in [-0.3, -0.25) is 4.79 Å². The Labute approximate surface area is 122 Å². The molecule has 0 radical (unpaired) electrons. The second-order valence-corrected chi connectivity index (χ2v) is 5.02. The van der Waals surface area contributed by atoms with Gasteiger partial charge in [-0.15, -0.1) is 0 Å². The first-order valence-electron chi connectivity index (χ1n) is 6.13. The first-order valence-corrected chi connectivity index (χ1v) is 6.50. The van der Waals surface area contributed by atoms with Gasteiger partial charge in [0, 0.05) is 30.0 Å². The average Bonchev–Trinajstić information content (AvgIpc) is 2.41. The molecule has 104 valence electrons. The lowest BCUT2D eigenvalue weighted by Crippen LogP contribution is -2.22. The lowest BCUT2D eigenvalue weighted by atomic mass is 10.1. The Balaban J connectivity index is 2.32. The number of carbonyl (C=O) groups excluding carboxylic acids is 1. The quantitative estimate of drug-likeness (QED) is 0.850. The van der Waals surface area contributed by atoms with Gasteiger partial charge >= 0.3 is 0 Å². The summed E-state index contributed by atoms with van der Waals surface area (Å²) in [6.07, 6.45) is 0. The van der Waals surface area contributed by atoms with Crippen LogP contribution in [0.4, 0.5) is 11.4 Å². The zero-order valence-corrected chi connectivity index (χ0v) is 11.9. The third kappa shape index (κ3) is 3.03. The van der Waals surface area contributed by atoms with Crippen molar-refractivity contribution in [1.82, 2.24) is 0 Å². The number of halogens is 1. The van der Waals surface area contributed by atoms with Crippen molar-refractivity contribution in [3.8, 4) is 0 Å². The van der Waals surface area contributed by atoms with Gasteiger partial charge in [0.1, 0.15) is 0 Å². The van der Waals surface area contributed by atoms with Crippen LogP contribution in [-0.2, 0) is 6.54 Å². The van der Waals surface area contributed by atoms with E-state index in [9.17, 15) is 4.79 Å². The average molecular weight is 290 g/mol. The minimum Gasteiger partial charge on any atom is -0.398 e. The number of anilines is 2. The lowest BCUT2D eigenvalue weighted by molar-refractivity contribution is 0.100. The molecule has 0 unspecified atom stereocenters. The van der Waals surface area contributed by atoms with E-state index in [2.05, 4.69) is 0 Å². The molecule has 2 aromatic rings. The maximum Gasteiger partial charge on any atom is 0.250 e. The molecule has 5 heteroatoms. The lowest BCUT2D eigenvalue weighted by Gasteiger charge is -2.22. The molecule has 0 heterocycles. The zero-order chi connectivity index (χ0) is 14.7. The predicted molar refractivity (Wildman–Crippen MR) is 82.9 cm³/mol. The fourth-order valence-electron chi connectivity index (χ4n) is 2.06. The van der Waals surface area contributed by atoms with Crippen molar-refractivity contribution in [3.63, 3.8) is 0 Å². The molecule has 0 aliphatic rings. The summed E-state index contributed by atoms with van der Waals surface area (Å²) in [5.74, 6) is -0.504. The number of hydrogen-bond acceptors (Lipinski definition) is 3. The van der Waals surface area contributed by atoms with Crippen LogP contribution < -0.4 is 16.4 Å². The number of hydrogen-bond donors (Lipinski definition) is 2. The minimum atomic E-state index is -0.504. The van der Waals surface area contributed by atoms with Crippen LogP contribution in [0.3, 0.4) is 0 Å². The van der Waals surface area contributed by atoms with Crippen LogP contribution in [0, 0.1) is 0 Å². The van der Waals surface area contributed by atoms with Crippen LogP contribution in [0.5, 0.6) is 0 Å². The van der Waals surface area contributed by atoms with E-state index in [0.717, 1.165) is 11.3 Å². The monoisotopic (exact) mass is 289 g/mol. The van der Waals surface area contributed by atoms with Crippen molar-refractivity contribution in [3.05, 3.63) is 58.6 Å². The molecule has 4 N–H and O–H groups in total. The summed E-state index contributed by atoms with van der Waals surface area (Å²) >= 11 is 5.90. The molecule has 2 aromatic carbocycles.